The summed E-state index contributed by atoms with van der Waals surface area (Å²) in [5.74, 6) is -0.874. The van der Waals surface area contributed by atoms with Crippen LogP contribution in [0.4, 0.5) is 0 Å². The van der Waals surface area contributed by atoms with E-state index in [9.17, 15) is 18.9 Å². The van der Waals surface area contributed by atoms with Gasteiger partial charge in [0.25, 0.3) is 0 Å². The number of hydrogen-bond donors (Lipinski definition) is 0. The van der Waals surface area contributed by atoms with Crippen molar-refractivity contribution < 1.29 is 32.5 Å². The van der Waals surface area contributed by atoms with Gasteiger partial charge in [-0.2, -0.15) is 0 Å². The lowest BCUT2D eigenvalue weighted by Gasteiger charge is -2.17. The maximum absolute atomic E-state index is 12.3. The standard InChI is InChI=1S/C15H21O7P/c1-4-13(16)7-10-20-23(19,21-11-8-14(17)5-2)22-12-9-15(18)6-3/h4-6H,1-3,7-12H2. The molecule has 0 amide bonds. The first kappa shape index (κ1) is 21.3. The van der Waals surface area contributed by atoms with Crippen molar-refractivity contribution in [2.45, 2.75) is 19.3 Å². The van der Waals surface area contributed by atoms with Gasteiger partial charge in [0.15, 0.2) is 17.3 Å². The molecule has 0 rings (SSSR count). The van der Waals surface area contributed by atoms with Crippen LogP contribution in [0, 0.1) is 0 Å². The molecular weight excluding hydrogens is 323 g/mol. The van der Waals surface area contributed by atoms with Crippen molar-refractivity contribution in [2.75, 3.05) is 19.8 Å². The fraction of sp³-hybridized carbons (Fsp3) is 0.400. The maximum atomic E-state index is 12.3. The van der Waals surface area contributed by atoms with Crippen LogP contribution >= 0.6 is 7.82 Å². The van der Waals surface area contributed by atoms with E-state index in [0.29, 0.717) is 0 Å². The lowest BCUT2D eigenvalue weighted by molar-refractivity contribution is -0.115. The van der Waals surface area contributed by atoms with Gasteiger partial charge in [0.2, 0.25) is 0 Å². The number of carbonyl (C=O) groups is 3. The molecule has 0 saturated carbocycles. The first-order chi connectivity index (χ1) is 10.9. The Morgan fingerprint density at radius 3 is 1.17 bits per heavy atom. The Labute approximate surface area is 135 Å². The van der Waals surface area contributed by atoms with Crippen molar-refractivity contribution in [2.24, 2.45) is 0 Å². The molecule has 0 saturated heterocycles. The fourth-order valence-corrected chi connectivity index (χ4v) is 2.36. The monoisotopic (exact) mass is 344 g/mol. The topological polar surface area (TPSA) is 96.0 Å². The number of rotatable bonds is 15. The van der Waals surface area contributed by atoms with Crippen LogP contribution in [0.3, 0.4) is 0 Å². The van der Waals surface area contributed by atoms with Gasteiger partial charge >= 0.3 is 7.82 Å². The molecule has 0 aliphatic carbocycles. The quantitative estimate of drug-likeness (QED) is 0.333. The molecule has 0 bridgehead atoms. The van der Waals surface area contributed by atoms with E-state index in [0.717, 1.165) is 18.2 Å². The first-order valence-electron chi connectivity index (χ1n) is 6.86. The third kappa shape index (κ3) is 10.7. The van der Waals surface area contributed by atoms with Gasteiger partial charge in [-0.05, 0) is 18.2 Å². The molecule has 0 aromatic carbocycles. The van der Waals surface area contributed by atoms with Gasteiger partial charge in [-0.15, -0.1) is 0 Å². The van der Waals surface area contributed by atoms with Gasteiger partial charge < -0.3 is 0 Å². The predicted molar refractivity (Wildman–Crippen MR) is 84.9 cm³/mol. The number of hydrogen-bond acceptors (Lipinski definition) is 7. The zero-order valence-corrected chi connectivity index (χ0v) is 13.8. The van der Waals surface area contributed by atoms with Crippen LogP contribution in [0.2, 0.25) is 0 Å². The Kier molecular flexibility index (Phi) is 11.0. The van der Waals surface area contributed by atoms with Crippen molar-refractivity contribution in [3.63, 3.8) is 0 Å². The SMILES string of the molecule is C=CC(=O)CCOP(=O)(OCCC(=O)C=C)OCCC(=O)C=C. The molecule has 0 N–H and O–H groups in total. The highest BCUT2D eigenvalue weighted by atomic mass is 31.2. The van der Waals surface area contributed by atoms with E-state index in [4.69, 9.17) is 13.6 Å². The van der Waals surface area contributed by atoms with Crippen molar-refractivity contribution >= 4 is 25.2 Å². The van der Waals surface area contributed by atoms with Gasteiger partial charge in [0.05, 0.1) is 19.8 Å². The molecule has 0 aliphatic rings. The molecule has 0 unspecified atom stereocenters. The largest absolute Gasteiger partial charge is 0.474 e. The van der Waals surface area contributed by atoms with Crippen molar-refractivity contribution in [1.29, 1.82) is 0 Å². The molecule has 0 heterocycles. The second-order valence-corrected chi connectivity index (χ2v) is 5.88. The normalized spacial score (nSPS) is 10.8. The summed E-state index contributed by atoms with van der Waals surface area (Å²) in [6.45, 7) is 9.30. The Morgan fingerprint density at radius 2 is 0.957 bits per heavy atom. The highest BCUT2D eigenvalue weighted by Crippen LogP contribution is 2.49. The summed E-state index contributed by atoms with van der Waals surface area (Å²) in [5, 5.41) is 0. The zero-order valence-electron chi connectivity index (χ0n) is 12.9. The highest BCUT2D eigenvalue weighted by molar-refractivity contribution is 7.48. The molecule has 23 heavy (non-hydrogen) atoms. The van der Waals surface area contributed by atoms with E-state index in [-0.39, 0.29) is 56.4 Å². The third-order valence-corrected chi connectivity index (χ3v) is 3.97. The lowest BCUT2D eigenvalue weighted by Crippen LogP contribution is -2.09. The highest BCUT2D eigenvalue weighted by Gasteiger charge is 2.27. The smallest absolute Gasteiger partial charge is 0.295 e. The van der Waals surface area contributed by atoms with Crippen LogP contribution in [-0.4, -0.2) is 37.2 Å². The molecule has 7 nitrogen and oxygen atoms in total. The minimum Gasteiger partial charge on any atom is -0.295 e. The summed E-state index contributed by atoms with van der Waals surface area (Å²) in [6.07, 6.45) is 3.21. The van der Waals surface area contributed by atoms with Gasteiger partial charge in [-0.1, -0.05) is 19.7 Å². The summed E-state index contributed by atoms with van der Waals surface area (Å²) in [4.78, 5) is 33.3. The first-order valence-corrected chi connectivity index (χ1v) is 8.32. The molecule has 128 valence electrons. The summed E-state index contributed by atoms with van der Waals surface area (Å²) >= 11 is 0. The number of allylic oxidation sites excluding steroid dienone is 3. The molecule has 0 atom stereocenters. The molecule has 8 heteroatoms. The van der Waals surface area contributed by atoms with Crippen LogP contribution < -0.4 is 0 Å². The number of phosphoric ester groups is 1. The molecular formula is C15H21O7P. The third-order valence-electron chi connectivity index (χ3n) is 2.48. The van der Waals surface area contributed by atoms with Gasteiger partial charge in [0, 0.05) is 19.3 Å². The Morgan fingerprint density at radius 1 is 0.696 bits per heavy atom. The van der Waals surface area contributed by atoms with E-state index >= 15 is 0 Å². The summed E-state index contributed by atoms with van der Waals surface area (Å²) in [6, 6.07) is 0. The number of ketones is 3. The lowest BCUT2D eigenvalue weighted by atomic mass is 10.3. The van der Waals surface area contributed by atoms with Gasteiger partial charge in [-0.3, -0.25) is 28.0 Å². The second-order valence-electron chi connectivity index (χ2n) is 4.21. The van der Waals surface area contributed by atoms with E-state index in [2.05, 4.69) is 19.7 Å². The molecule has 0 aromatic rings. The van der Waals surface area contributed by atoms with E-state index in [1.165, 1.54) is 0 Å². The molecule has 0 radical (unpaired) electrons. The number of phosphoric acid groups is 1. The van der Waals surface area contributed by atoms with Crippen LogP contribution in [-0.2, 0) is 32.5 Å². The Bertz CT molecular complexity index is 439. The van der Waals surface area contributed by atoms with Crippen LogP contribution in [0.25, 0.3) is 0 Å². The molecule has 0 fully saturated rings. The average molecular weight is 344 g/mol. The summed E-state index contributed by atoms with van der Waals surface area (Å²) < 4.78 is 27.3. The van der Waals surface area contributed by atoms with E-state index in [1.807, 2.05) is 0 Å². The number of carbonyl (C=O) groups excluding carboxylic acids is 3. The van der Waals surface area contributed by atoms with Crippen LogP contribution in [0.5, 0.6) is 0 Å². The Hall–Kier alpha value is -1.66. The van der Waals surface area contributed by atoms with Crippen LogP contribution in [0.1, 0.15) is 19.3 Å². The van der Waals surface area contributed by atoms with Crippen molar-refractivity contribution in [3.8, 4) is 0 Å². The van der Waals surface area contributed by atoms with Crippen molar-refractivity contribution in [3.05, 3.63) is 38.0 Å². The molecule has 0 spiro atoms. The van der Waals surface area contributed by atoms with Crippen molar-refractivity contribution in [1.82, 2.24) is 0 Å². The Balaban J connectivity index is 4.51. The average Bonchev–Trinajstić information content (AvgIpc) is 2.54. The van der Waals surface area contributed by atoms with E-state index < -0.39 is 7.82 Å². The second kappa shape index (κ2) is 11.8. The fourth-order valence-electron chi connectivity index (χ4n) is 1.19. The zero-order chi connectivity index (χ0) is 17.7. The minimum absolute atomic E-state index is 0.0443. The maximum Gasteiger partial charge on any atom is 0.474 e. The summed E-state index contributed by atoms with van der Waals surface area (Å²) in [7, 11) is -3.98. The molecule has 0 aliphatic heterocycles. The van der Waals surface area contributed by atoms with Gasteiger partial charge in [-0.25, -0.2) is 4.57 Å². The van der Waals surface area contributed by atoms with Gasteiger partial charge in [0.1, 0.15) is 0 Å². The minimum atomic E-state index is -3.98. The summed E-state index contributed by atoms with van der Waals surface area (Å²) in [5.41, 5.74) is 0. The van der Waals surface area contributed by atoms with Crippen LogP contribution in [0.15, 0.2) is 38.0 Å². The van der Waals surface area contributed by atoms with E-state index in [1.54, 1.807) is 0 Å². The predicted octanol–water partition coefficient (Wildman–Crippen LogP) is 2.58. The molecule has 0 aromatic heterocycles.